The number of nitrogens with zero attached hydrogens (tertiary/aromatic N) is 1. The van der Waals surface area contributed by atoms with E-state index in [4.69, 9.17) is 10.2 Å². The third-order valence-electron chi connectivity index (χ3n) is 2.01. The topological polar surface area (TPSA) is 90.7 Å². The minimum Gasteiger partial charge on any atom is -0.504 e. The molecule has 1 aromatic heterocycles. The molecule has 5 nitrogen and oxygen atoms in total. The summed E-state index contributed by atoms with van der Waals surface area (Å²) < 4.78 is 0. The number of phenols is 2. The average Bonchev–Trinajstić information content (AvgIpc) is 2.71. The van der Waals surface area contributed by atoms with E-state index in [1.54, 1.807) is 0 Å². The summed E-state index contributed by atoms with van der Waals surface area (Å²) in [5.74, 6) is -1.66. The first-order valence-electron chi connectivity index (χ1n) is 4.28. The summed E-state index contributed by atoms with van der Waals surface area (Å²) in [6, 6.07) is 4.13. The molecule has 2 rings (SSSR count). The summed E-state index contributed by atoms with van der Waals surface area (Å²) in [7, 11) is 0. The first-order valence-corrected chi connectivity index (χ1v) is 5.16. The lowest BCUT2D eigenvalue weighted by Crippen LogP contribution is -1.98. The Labute approximate surface area is 94.3 Å². The van der Waals surface area contributed by atoms with Crippen LogP contribution in [0.3, 0.4) is 0 Å². The summed E-state index contributed by atoms with van der Waals surface area (Å²) in [6.07, 6.45) is 0. The van der Waals surface area contributed by atoms with Crippen molar-refractivity contribution in [1.82, 2.24) is 4.98 Å². The maximum Gasteiger partial charge on any atom is 0.356 e. The summed E-state index contributed by atoms with van der Waals surface area (Å²) in [5, 5.41) is 27.3. The number of hydrogen-bond donors (Lipinski definition) is 3. The number of rotatable bonds is 2. The number of phenolic OH excluding ortho intramolecular Hbond substituents is 2. The largest absolute Gasteiger partial charge is 0.504 e. The molecule has 0 aliphatic heterocycles. The molecule has 0 spiro atoms. The van der Waals surface area contributed by atoms with Gasteiger partial charge >= 0.3 is 5.97 Å². The number of carboxylic acid groups (broad SMARTS) is 1. The van der Waals surface area contributed by atoms with E-state index in [1.165, 1.54) is 23.7 Å². The molecule has 82 valence electrons. The van der Waals surface area contributed by atoms with E-state index in [1.807, 2.05) is 0 Å². The Morgan fingerprint density at radius 1 is 1.25 bits per heavy atom. The van der Waals surface area contributed by atoms with Crippen LogP contribution >= 0.6 is 11.3 Å². The standard InChI is InChI=1S/C10H7NO4S/c12-6-2-1-5(3-7(6)13)9-8(10(14)15)11-4-16-9/h1-4,12-13H,(H,14,15). The van der Waals surface area contributed by atoms with E-state index in [9.17, 15) is 9.90 Å². The van der Waals surface area contributed by atoms with Crippen molar-refractivity contribution in [2.45, 2.75) is 0 Å². The third kappa shape index (κ3) is 1.70. The van der Waals surface area contributed by atoms with Gasteiger partial charge in [-0.15, -0.1) is 11.3 Å². The number of aromatic nitrogens is 1. The summed E-state index contributed by atoms with van der Waals surface area (Å²) in [6.45, 7) is 0. The summed E-state index contributed by atoms with van der Waals surface area (Å²) in [5.41, 5.74) is 1.87. The van der Waals surface area contributed by atoms with E-state index < -0.39 is 5.97 Å². The molecule has 6 heteroatoms. The highest BCUT2D eigenvalue weighted by Crippen LogP contribution is 2.34. The van der Waals surface area contributed by atoms with Crippen molar-refractivity contribution in [1.29, 1.82) is 0 Å². The van der Waals surface area contributed by atoms with Crippen LogP contribution < -0.4 is 0 Å². The zero-order chi connectivity index (χ0) is 11.7. The van der Waals surface area contributed by atoms with E-state index in [-0.39, 0.29) is 17.2 Å². The van der Waals surface area contributed by atoms with Crippen LogP contribution in [0.4, 0.5) is 0 Å². The van der Waals surface area contributed by atoms with E-state index in [0.29, 0.717) is 10.4 Å². The Balaban J connectivity index is 2.54. The first-order chi connectivity index (χ1) is 7.59. The van der Waals surface area contributed by atoms with Crippen LogP contribution in [-0.2, 0) is 0 Å². The highest BCUT2D eigenvalue weighted by molar-refractivity contribution is 7.13. The summed E-state index contributed by atoms with van der Waals surface area (Å²) >= 11 is 1.16. The number of aromatic hydroxyl groups is 2. The molecule has 0 amide bonds. The molecule has 16 heavy (non-hydrogen) atoms. The SMILES string of the molecule is O=C(O)c1ncsc1-c1ccc(O)c(O)c1. The van der Waals surface area contributed by atoms with Gasteiger partial charge in [-0.05, 0) is 23.8 Å². The highest BCUT2D eigenvalue weighted by atomic mass is 32.1. The van der Waals surface area contributed by atoms with Gasteiger partial charge in [-0.1, -0.05) is 0 Å². The molecule has 1 heterocycles. The van der Waals surface area contributed by atoms with Crippen molar-refractivity contribution in [2.75, 3.05) is 0 Å². The van der Waals surface area contributed by atoms with Gasteiger partial charge in [0.1, 0.15) is 0 Å². The predicted molar refractivity (Wildman–Crippen MR) is 57.8 cm³/mol. The number of carboxylic acids is 1. The third-order valence-corrected chi connectivity index (χ3v) is 2.88. The molecule has 0 unspecified atom stereocenters. The molecule has 0 saturated heterocycles. The Hall–Kier alpha value is -2.08. The van der Waals surface area contributed by atoms with Crippen LogP contribution in [0, 0.1) is 0 Å². The Morgan fingerprint density at radius 2 is 2.00 bits per heavy atom. The number of carbonyl (C=O) groups is 1. The fraction of sp³-hybridized carbons (Fsp3) is 0. The van der Waals surface area contributed by atoms with Gasteiger partial charge in [-0.3, -0.25) is 0 Å². The minimum atomic E-state index is -1.12. The second kappa shape index (κ2) is 3.82. The minimum absolute atomic E-state index is 0.0601. The molecule has 3 N–H and O–H groups in total. The molecular formula is C10H7NO4S. The van der Waals surface area contributed by atoms with Crippen molar-refractivity contribution in [3.63, 3.8) is 0 Å². The molecule has 0 fully saturated rings. The number of hydrogen-bond acceptors (Lipinski definition) is 5. The van der Waals surface area contributed by atoms with Gasteiger partial charge in [0.05, 0.1) is 10.4 Å². The fourth-order valence-electron chi connectivity index (χ4n) is 1.27. The molecule has 2 aromatic rings. The van der Waals surface area contributed by atoms with Crippen molar-refractivity contribution in [3.05, 3.63) is 29.4 Å². The fourth-order valence-corrected chi connectivity index (χ4v) is 2.05. The van der Waals surface area contributed by atoms with Crippen LogP contribution in [0.1, 0.15) is 10.5 Å². The first kappa shape index (κ1) is 10.4. The van der Waals surface area contributed by atoms with Crippen molar-refractivity contribution in [2.24, 2.45) is 0 Å². The zero-order valence-electron chi connectivity index (χ0n) is 7.91. The smallest absolute Gasteiger partial charge is 0.356 e. The molecule has 0 radical (unpaired) electrons. The van der Waals surface area contributed by atoms with E-state index in [2.05, 4.69) is 4.98 Å². The molecule has 0 aliphatic rings. The van der Waals surface area contributed by atoms with Gasteiger partial charge < -0.3 is 15.3 Å². The van der Waals surface area contributed by atoms with Gasteiger partial charge in [0.2, 0.25) is 0 Å². The maximum absolute atomic E-state index is 10.8. The van der Waals surface area contributed by atoms with Gasteiger partial charge in [-0.2, -0.15) is 0 Å². The second-order valence-corrected chi connectivity index (χ2v) is 3.89. The average molecular weight is 237 g/mol. The summed E-state index contributed by atoms with van der Waals surface area (Å²) in [4.78, 5) is 15.0. The lowest BCUT2D eigenvalue weighted by molar-refractivity contribution is 0.0692. The molecule has 0 bridgehead atoms. The van der Waals surface area contributed by atoms with Crippen LogP contribution in [0.5, 0.6) is 11.5 Å². The van der Waals surface area contributed by atoms with Crippen LogP contribution in [0.15, 0.2) is 23.7 Å². The number of aromatic carboxylic acids is 1. The highest BCUT2D eigenvalue weighted by Gasteiger charge is 2.15. The lowest BCUT2D eigenvalue weighted by Gasteiger charge is -2.01. The predicted octanol–water partition coefficient (Wildman–Crippen LogP) is 1.92. The molecule has 0 aliphatic carbocycles. The van der Waals surface area contributed by atoms with Crippen LogP contribution in [0.25, 0.3) is 10.4 Å². The molecule has 0 saturated carbocycles. The van der Waals surface area contributed by atoms with Gasteiger partial charge in [0.15, 0.2) is 17.2 Å². The number of thiazole rings is 1. The van der Waals surface area contributed by atoms with Gasteiger partial charge in [0, 0.05) is 0 Å². The zero-order valence-corrected chi connectivity index (χ0v) is 8.73. The quantitative estimate of drug-likeness (QED) is 0.694. The number of benzene rings is 1. The maximum atomic E-state index is 10.8. The molecule has 1 aromatic carbocycles. The van der Waals surface area contributed by atoms with Gasteiger partial charge in [0.25, 0.3) is 0 Å². The Bertz CT molecular complexity index is 550. The Kier molecular flexibility index (Phi) is 2.49. The van der Waals surface area contributed by atoms with Crippen molar-refractivity contribution >= 4 is 17.3 Å². The van der Waals surface area contributed by atoms with Crippen molar-refractivity contribution < 1.29 is 20.1 Å². The Morgan fingerprint density at radius 3 is 2.62 bits per heavy atom. The van der Waals surface area contributed by atoms with Crippen LogP contribution in [-0.4, -0.2) is 26.3 Å². The molecule has 0 atom stereocenters. The monoisotopic (exact) mass is 237 g/mol. The lowest BCUT2D eigenvalue weighted by atomic mass is 10.1. The van der Waals surface area contributed by atoms with Crippen molar-refractivity contribution in [3.8, 4) is 21.9 Å². The van der Waals surface area contributed by atoms with E-state index in [0.717, 1.165) is 11.3 Å². The van der Waals surface area contributed by atoms with E-state index >= 15 is 0 Å². The second-order valence-electron chi connectivity index (χ2n) is 3.04. The molecular weight excluding hydrogens is 230 g/mol. The van der Waals surface area contributed by atoms with Crippen LogP contribution in [0.2, 0.25) is 0 Å². The van der Waals surface area contributed by atoms with Gasteiger partial charge in [-0.25, -0.2) is 9.78 Å². The normalized spacial score (nSPS) is 10.2.